The Hall–Kier alpha value is -2.38. The van der Waals surface area contributed by atoms with E-state index in [-0.39, 0.29) is 24.1 Å². The molecule has 0 heterocycles. The molecule has 6 nitrogen and oxygen atoms in total. The number of likely N-dealkylation sites (N-methyl/N-ethyl adjacent to an activating group) is 1. The van der Waals surface area contributed by atoms with Gasteiger partial charge in [0.2, 0.25) is 10.0 Å². The predicted molar refractivity (Wildman–Crippen MR) is 102 cm³/mol. The first-order valence-corrected chi connectivity index (χ1v) is 9.88. The van der Waals surface area contributed by atoms with Crippen molar-refractivity contribution in [1.82, 2.24) is 4.72 Å². The van der Waals surface area contributed by atoms with E-state index in [0.29, 0.717) is 5.56 Å². The normalized spacial score (nSPS) is 12.4. The van der Waals surface area contributed by atoms with E-state index in [0.717, 1.165) is 5.69 Å². The molecule has 2 aromatic carbocycles. The molecule has 140 valence electrons. The summed E-state index contributed by atoms with van der Waals surface area (Å²) >= 11 is 0. The molecule has 0 aliphatic rings. The minimum atomic E-state index is -3.65. The summed E-state index contributed by atoms with van der Waals surface area (Å²) in [5.74, 6) is -0.470. The van der Waals surface area contributed by atoms with Gasteiger partial charge in [-0.1, -0.05) is 18.2 Å². The Kier molecular flexibility index (Phi) is 6.76. The number of carbonyl (C=O) groups is 1. The molecule has 7 heteroatoms. The third kappa shape index (κ3) is 5.06. The number of benzene rings is 2. The number of hydrogen-bond donors (Lipinski definition) is 1. The molecule has 26 heavy (non-hydrogen) atoms. The van der Waals surface area contributed by atoms with Crippen LogP contribution in [-0.4, -0.2) is 40.6 Å². The summed E-state index contributed by atoms with van der Waals surface area (Å²) < 4.78 is 32.4. The topological polar surface area (TPSA) is 75.7 Å². The highest BCUT2D eigenvalue weighted by atomic mass is 32.2. The van der Waals surface area contributed by atoms with Crippen LogP contribution in [0.25, 0.3) is 0 Å². The van der Waals surface area contributed by atoms with Crippen molar-refractivity contribution in [3.63, 3.8) is 0 Å². The molecule has 1 N–H and O–H groups in total. The largest absolute Gasteiger partial charge is 0.462 e. The molecular weight excluding hydrogens is 352 g/mol. The van der Waals surface area contributed by atoms with E-state index in [4.69, 9.17) is 4.74 Å². The second kappa shape index (κ2) is 8.82. The van der Waals surface area contributed by atoms with Crippen molar-refractivity contribution < 1.29 is 17.9 Å². The van der Waals surface area contributed by atoms with E-state index in [2.05, 4.69) is 4.72 Å². The van der Waals surface area contributed by atoms with Crippen LogP contribution < -0.4 is 9.62 Å². The molecule has 0 fully saturated rings. The first-order chi connectivity index (χ1) is 12.3. The number of nitrogens with one attached hydrogen (secondary N) is 1. The lowest BCUT2D eigenvalue weighted by atomic mass is 10.2. The van der Waals surface area contributed by atoms with Crippen molar-refractivity contribution in [3.8, 4) is 0 Å². The quantitative estimate of drug-likeness (QED) is 0.717. The van der Waals surface area contributed by atoms with Crippen LogP contribution in [-0.2, 0) is 14.8 Å². The highest BCUT2D eigenvalue weighted by molar-refractivity contribution is 7.89. The lowest BCUT2D eigenvalue weighted by Crippen LogP contribution is -2.40. The SMILES string of the molecule is CCOC(=O)c1ccc(S(=O)(=O)NCC(C)N(C)c2ccccc2)cc1. The highest BCUT2D eigenvalue weighted by Crippen LogP contribution is 2.15. The van der Waals surface area contributed by atoms with Crippen LogP contribution in [0.15, 0.2) is 59.5 Å². The van der Waals surface area contributed by atoms with Gasteiger partial charge in [0.05, 0.1) is 17.1 Å². The lowest BCUT2D eigenvalue weighted by molar-refractivity contribution is 0.0526. The van der Waals surface area contributed by atoms with Crippen molar-refractivity contribution in [2.75, 3.05) is 25.1 Å². The molecule has 0 saturated carbocycles. The second-order valence-electron chi connectivity index (χ2n) is 5.89. The molecule has 0 bridgehead atoms. The third-order valence-corrected chi connectivity index (χ3v) is 5.51. The van der Waals surface area contributed by atoms with Gasteiger partial charge in [0.1, 0.15) is 0 Å². The molecule has 2 aromatic rings. The number of para-hydroxylation sites is 1. The van der Waals surface area contributed by atoms with Gasteiger partial charge in [0.25, 0.3) is 0 Å². The number of sulfonamides is 1. The smallest absolute Gasteiger partial charge is 0.338 e. The molecule has 0 amide bonds. The minimum Gasteiger partial charge on any atom is -0.462 e. The fourth-order valence-corrected chi connectivity index (χ4v) is 3.47. The Balaban J connectivity index is 2.01. The van der Waals surface area contributed by atoms with Crippen LogP contribution in [0.4, 0.5) is 5.69 Å². The zero-order valence-corrected chi connectivity index (χ0v) is 16.0. The molecule has 0 saturated heterocycles. The molecule has 0 aromatic heterocycles. The van der Waals surface area contributed by atoms with Gasteiger partial charge in [0, 0.05) is 25.3 Å². The van der Waals surface area contributed by atoms with E-state index in [1.807, 2.05) is 49.2 Å². The second-order valence-corrected chi connectivity index (χ2v) is 7.66. The van der Waals surface area contributed by atoms with Crippen molar-refractivity contribution in [2.24, 2.45) is 0 Å². The van der Waals surface area contributed by atoms with Gasteiger partial charge in [0.15, 0.2) is 0 Å². The number of rotatable bonds is 8. The average molecular weight is 376 g/mol. The fraction of sp³-hybridized carbons (Fsp3) is 0.316. The monoisotopic (exact) mass is 376 g/mol. The Morgan fingerprint density at radius 2 is 1.73 bits per heavy atom. The third-order valence-electron chi connectivity index (χ3n) is 4.07. The van der Waals surface area contributed by atoms with E-state index in [9.17, 15) is 13.2 Å². The zero-order chi connectivity index (χ0) is 19.2. The van der Waals surface area contributed by atoms with Crippen LogP contribution in [0, 0.1) is 0 Å². The van der Waals surface area contributed by atoms with Crippen LogP contribution >= 0.6 is 0 Å². The van der Waals surface area contributed by atoms with Crippen molar-refractivity contribution in [2.45, 2.75) is 24.8 Å². The summed E-state index contributed by atoms with van der Waals surface area (Å²) in [5, 5.41) is 0. The summed E-state index contributed by atoms with van der Waals surface area (Å²) in [5.41, 5.74) is 1.33. The molecule has 0 radical (unpaired) electrons. The van der Waals surface area contributed by atoms with Gasteiger partial charge in [-0.3, -0.25) is 0 Å². The predicted octanol–water partition coefficient (Wildman–Crippen LogP) is 2.67. The van der Waals surface area contributed by atoms with E-state index < -0.39 is 16.0 Å². The number of ether oxygens (including phenoxy) is 1. The summed E-state index contributed by atoms with van der Waals surface area (Å²) in [4.78, 5) is 13.8. The maximum Gasteiger partial charge on any atom is 0.338 e. The van der Waals surface area contributed by atoms with Crippen molar-refractivity contribution >= 4 is 21.7 Å². The Morgan fingerprint density at radius 3 is 2.31 bits per heavy atom. The van der Waals surface area contributed by atoms with Gasteiger partial charge in [-0.15, -0.1) is 0 Å². The van der Waals surface area contributed by atoms with Gasteiger partial charge in [-0.25, -0.2) is 17.9 Å². The maximum atomic E-state index is 12.5. The Bertz CT molecular complexity index is 820. The first-order valence-electron chi connectivity index (χ1n) is 8.40. The van der Waals surface area contributed by atoms with E-state index >= 15 is 0 Å². The molecule has 1 unspecified atom stereocenters. The lowest BCUT2D eigenvalue weighted by Gasteiger charge is -2.27. The zero-order valence-electron chi connectivity index (χ0n) is 15.2. The first kappa shape index (κ1) is 19.9. The van der Waals surface area contributed by atoms with Crippen molar-refractivity contribution in [1.29, 1.82) is 0 Å². The number of esters is 1. The van der Waals surface area contributed by atoms with Gasteiger partial charge in [-0.2, -0.15) is 0 Å². The van der Waals surface area contributed by atoms with Gasteiger partial charge >= 0.3 is 5.97 Å². The van der Waals surface area contributed by atoms with Gasteiger partial charge in [-0.05, 0) is 50.2 Å². The van der Waals surface area contributed by atoms with Crippen LogP contribution in [0.1, 0.15) is 24.2 Å². The Morgan fingerprint density at radius 1 is 1.12 bits per heavy atom. The fourth-order valence-electron chi connectivity index (χ4n) is 2.35. The summed E-state index contributed by atoms with van der Waals surface area (Å²) in [6.45, 7) is 4.19. The van der Waals surface area contributed by atoms with Crippen molar-refractivity contribution in [3.05, 3.63) is 60.2 Å². The van der Waals surface area contributed by atoms with Crippen LogP contribution in [0.2, 0.25) is 0 Å². The maximum absolute atomic E-state index is 12.5. The summed E-state index contributed by atoms with van der Waals surface area (Å²) in [6, 6.07) is 15.4. The van der Waals surface area contributed by atoms with E-state index in [1.165, 1.54) is 24.3 Å². The number of anilines is 1. The van der Waals surface area contributed by atoms with Crippen LogP contribution in [0.5, 0.6) is 0 Å². The number of carbonyl (C=O) groups excluding carboxylic acids is 1. The highest BCUT2D eigenvalue weighted by Gasteiger charge is 2.18. The summed E-state index contributed by atoms with van der Waals surface area (Å²) in [7, 11) is -1.74. The molecule has 1 atom stereocenters. The van der Waals surface area contributed by atoms with E-state index in [1.54, 1.807) is 6.92 Å². The number of hydrogen-bond acceptors (Lipinski definition) is 5. The molecule has 0 spiro atoms. The molecule has 0 aliphatic heterocycles. The minimum absolute atomic E-state index is 0.0361. The summed E-state index contributed by atoms with van der Waals surface area (Å²) in [6.07, 6.45) is 0. The van der Waals surface area contributed by atoms with Crippen LogP contribution in [0.3, 0.4) is 0 Å². The molecule has 0 aliphatic carbocycles. The van der Waals surface area contributed by atoms with Gasteiger partial charge < -0.3 is 9.64 Å². The number of nitrogens with zero attached hydrogens (tertiary/aromatic N) is 1. The standard InChI is InChI=1S/C19H24N2O4S/c1-4-25-19(22)16-10-12-18(13-11-16)26(23,24)20-14-15(2)21(3)17-8-6-5-7-9-17/h5-13,15,20H,4,14H2,1-3H3. The average Bonchev–Trinajstić information content (AvgIpc) is 2.66. The molecule has 2 rings (SSSR count). The Labute approximate surface area is 154 Å². The molecular formula is C19H24N2O4S.